The summed E-state index contributed by atoms with van der Waals surface area (Å²) in [6, 6.07) is 8.43. The molecule has 3 rings (SSSR count). The van der Waals surface area contributed by atoms with Crippen LogP contribution in [0.2, 0.25) is 0 Å². The summed E-state index contributed by atoms with van der Waals surface area (Å²) in [4.78, 5) is 44.7. The number of aromatic amines is 1. The van der Waals surface area contributed by atoms with Crippen molar-refractivity contribution in [3.8, 4) is 0 Å². The minimum absolute atomic E-state index is 0.0144. The maximum Gasteiger partial charge on any atom is 0.355 e. The highest BCUT2D eigenvalue weighted by molar-refractivity contribution is 6.46. The predicted octanol–water partition coefficient (Wildman–Crippen LogP) is 2.79. The number of aliphatic hydroxyl groups excluding tert-OH is 1. The Morgan fingerprint density at radius 1 is 1.19 bits per heavy atom. The zero-order chi connectivity index (χ0) is 23.6. The number of hydrogen-bond donors (Lipinski definition) is 2. The van der Waals surface area contributed by atoms with Crippen molar-refractivity contribution < 1.29 is 24.2 Å². The van der Waals surface area contributed by atoms with E-state index in [2.05, 4.69) is 4.98 Å². The number of aryl methyl sites for hydroxylation is 1. The van der Waals surface area contributed by atoms with E-state index in [1.807, 2.05) is 49.3 Å². The monoisotopic (exact) mass is 439 g/mol. The van der Waals surface area contributed by atoms with Crippen molar-refractivity contribution in [1.82, 2.24) is 14.8 Å². The number of nitrogens with one attached hydrogen (secondary N) is 1. The van der Waals surface area contributed by atoms with Gasteiger partial charge < -0.3 is 24.6 Å². The van der Waals surface area contributed by atoms with Gasteiger partial charge in [-0.3, -0.25) is 9.59 Å². The number of amides is 1. The highest BCUT2D eigenvalue weighted by atomic mass is 16.5. The Hall–Kier alpha value is -3.39. The van der Waals surface area contributed by atoms with Crippen molar-refractivity contribution >= 4 is 23.4 Å². The van der Waals surface area contributed by atoms with Crippen molar-refractivity contribution in [2.24, 2.45) is 0 Å². The average Bonchev–Trinajstić information content (AvgIpc) is 3.19. The first kappa shape index (κ1) is 23.3. The maximum atomic E-state index is 13.1. The molecule has 1 aliphatic rings. The van der Waals surface area contributed by atoms with Gasteiger partial charge in [0.1, 0.15) is 11.5 Å². The van der Waals surface area contributed by atoms with Crippen molar-refractivity contribution in [1.29, 1.82) is 0 Å². The Bertz CT molecular complexity index is 1070. The van der Waals surface area contributed by atoms with Gasteiger partial charge in [-0.2, -0.15) is 0 Å². The molecule has 1 aromatic carbocycles. The van der Waals surface area contributed by atoms with Crippen molar-refractivity contribution in [2.45, 2.75) is 26.8 Å². The topological polar surface area (TPSA) is 103 Å². The summed E-state index contributed by atoms with van der Waals surface area (Å²) in [7, 11) is 3.77. The van der Waals surface area contributed by atoms with Crippen molar-refractivity contribution in [3.05, 3.63) is 64.0 Å². The van der Waals surface area contributed by atoms with Gasteiger partial charge in [-0.05, 0) is 46.0 Å². The number of carbonyl (C=O) groups excluding carboxylic acids is 3. The van der Waals surface area contributed by atoms with Gasteiger partial charge >= 0.3 is 5.97 Å². The summed E-state index contributed by atoms with van der Waals surface area (Å²) in [5, 5.41) is 11.3. The number of aromatic nitrogens is 1. The molecule has 8 nitrogen and oxygen atoms in total. The second-order valence-electron chi connectivity index (χ2n) is 8.05. The third-order valence-corrected chi connectivity index (χ3v) is 5.60. The highest BCUT2D eigenvalue weighted by Gasteiger charge is 2.46. The van der Waals surface area contributed by atoms with Crippen LogP contribution >= 0.6 is 0 Å². The molecular weight excluding hydrogens is 410 g/mol. The van der Waals surface area contributed by atoms with Crippen LogP contribution in [0, 0.1) is 13.8 Å². The molecule has 1 atom stereocenters. The molecule has 1 aliphatic heterocycles. The fourth-order valence-electron chi connectivity index (χ4n) is 4.05. The van der Waals surface area contributed by atoms with E-state index in [1.165, 1.54) is 4.90 Å². The Balaban J connectivity index is 2.18. The molecule has 0 bridgehead atoms. The molecule has 1 amide bonds. The minimum atomic E-state index is -0.743. The Kier molecular flexibility index (Phi) is 6.84. The Morgan fingerprint density at radius 2 is 1.84 bits per heavy atom. The van der Waals surface area contributed by atoms with E-state index in [9.17, 15) is 19.5 Å². The maximum absolute atomic E-state index is 13.1. The van der Waals surface area contributed by atoms with Crippen molar-refractivity contribution in [2.75, 3.05) is 33.8 Å². The molecule has 32 heavy (non-hydrogen) atoms. The van der Waals surface area contributed by atoms with E-state index < -0.39 is 23.7 Å². The van der Waals surface area contributed by atoms with Gasteiger partial charge in [0, 0.05) is 24.3 Å². The number of aliphatic hydroxyl groups is 1. The Labute approximate surface area is 187 Å². The molecule has 2 heterocycles. The zero-order valence-corrected chi connectivity index (χ0v) is 19.1. The first-order valence-corrected chi connectivity index (χ1v) is 10.5. The average molecular weight is 440 g/mol. The van der Waals surface area contributed by atoms with Crippen LogP contribution in [0.5, 0.6) is 0 Å². The normalized spacial score (nSPS) is 17.9. The number of benzene rings is 1. The number of carbonyl (C=O) groups is 3. The van der Waals surface area contributed by atoms with Crippen LogP contribution in [0.15, 0.2) is 35.9 Å². The lowest BCUT2D eigenvalue weighted by Gasteiger charge is -2.26. The number of hydrogen-bond acceptors (Lipinski definition) is 6. The van der Waals surface area contributed by atoms with E-state index in [0.717, 1.165) is 5.56 Å². The third kappa shape index (κ3) is 4.18. The van der Waals surface area contributed by atoms with Crippen LogP contribution in [0.25, 0.3) is 5.76 Å². The van der Waals surface area contributed by atoms with E-state index in [-0.39, 0.29) is 23.6 Å². The van der Waals surface area contributed by atoms with E-state index in [1.54, 1.807) is 20.8 Å². The van der Waals surface area contributed by atoms with Gasteiger partial charge in [-0.25, -0.2) is 4.79 Å². The SMILES string of the molecule is CCOC(=O)c1[nH]c(C)c(/C(O)=C2\C(=O)C(=O)N(CCN(C)C)[C@H]2c2ccccc2)c1C. The number of nitrogens with zero attached hydrogens (tertiary/aromatic N) is 2. The third-order valence-electron chi connectivity index (χ3n) is 5.60. The lowest BCUT2D eigenvalue weighted by molar-refractivity contribution is -0.140. The first-order valence-electron chi connectivity index (χ1n) is 10.5. The molecule has 0 unspecified atom stereocenters. The molecule has 0 radical (unpaired) electrons. The summed E-state index contributed by atoms with van der Waals surface area (Å²) in [6.45, 7) is 6.18. The molecule has 2 aromatic rings. The summed E-state index contributed by atoms with van der Waals surface area (Å²) >= 11 is 0. The molecule has 0 spiro atoms. The lowest BCUT2D eigenvalue weighted by atomic mass is 9.94. The van der Waals surface area contributed by atoms with Gasteiger partial charge in [-0.1, -0.05) is 30.3 Å². The van der Waals surface area contributed by atoms with Crippen LogP contribution in [0.1, 0.15) is 45.8 Å². The molecule has 1 aromatic heterocycles. The summed E-state index contributed by atoms with van der Waals surface area (Å²) in [6.07, 6.45) is 0. The number of rotatable bonds is 7. The number of likely N-dealkylation sites (N-methyl/N-ethyl adjacent to an activating group) is 1. The number of ether oxygens (including phenoxy) is 1. The fourth-order valence-corrected chi connectivity index (χ4v) is 4.05. The second-order valence-corrected chi connectivity index (χ2v) is 8.05. The summed E-state index contributed by atoms with van der Waals surface area (Å²) in [5.41, 5.74) is 2.26. The van der Waals surface area contributed by atoms with Crippen LogP contribution in [-0.4, -0.2) is 71.3 Å². The molecule has 0 aliphatic carbocycles. The molecule has 8 heteroatoms. The van der Waals surface area contributed by atoms with Crippen LogP contribution in [-0.2, 0) is 14.3 Å². The zero-order valence-electron chi connectivity index (χ0n) is 19.1. The van der Waals surface area contributed by atoms with Gasteiger partial charge in [0.15, 0.2) is 0 Å². The number of esters is 1. The fraction of sp³-hybridized carbons (Fsp3) is 0.375. The van der Waals surface area contributed by atoms with E-state index in [0.29, 0.717) is 29.9 Å². The Morgan fingerprint density at radius 3 is 2.44 bits per heavy atom. The van der Waals surface area contributed by atoms with Gasteiger partial charge in [0.25, 0.3) is 11.7 Å². The predicted molar refractivity (Wildman–Crippen MR) is 120 cm³/mol. The molecule has 1 saturated heterocycles. The summed E-state index contributed by atoms with van der Waals surface area (Å²) in [5.74, 6) is -2.24. The largest absolute Gasteiger partial charge is 0.507 e. The smallest absolute Gasteiger partial charge is 0.355 e. The minimum Gasteiger partial charge on any atom is -0.507 e. The molecule has 2 N–H and O–H groups in total. The number of likely N-dealkylation sites (tertiary alicyclic amines) is 1. The number of Topliss-reactive ketones (excluding diaryl/α,β-unsaturated/α-hetero) is 1. The quantitative estimate of drug-likeness (QED) is 0.298. The summed E-state index contributed by atoms with van der Waals surface area (Å²) < 4.78 is 5.08. The van der Waals surface area contributed by atoms with Crippen LogP contribution < -0.4 is 0 Å². The first-order chi connectivity index (χ1) is 15.2. The standard InChI is InChI=1S/C24H29N3O5/c1-6-32-24(31)19-14(2)17(15(3)25-19)21(28)18-20(16-10-8-7-9-11-16)27(13-12-26(4)5)23(30)22(18)29/h7-11,20,25,28H,6,12-13H2,1-5H3/b21-18+/t20-/m0/s1. The van der Waals surface area contributed by atoms with E-state index in [4.69, 9.17) is 4.74 Å². The molecule has 1 fully saturated rings. The van der Waals surface area contributed by atoms with Crippen LogP contribution in [0.4, 0.5) is 0 Å². The van der Waals surface area contributed by atoms with Crippen LogP contribution in [0.3, 0.4) is 0 Å². The van der Waals surface area contributed by atoms with Crippen molar-refractivity contribution in [3.63, 3.8) is 0 Å². The van der Waals surface area contributed by atoms with E-state index >= 15 is 0 Å². The molecule has 0 saturated carbocycles. The number of H-pyrrole nitrogens is 1. The molecular formula is C24H29N3O5. The number of ketones is 1. The van der Waals surface area contributed by atoms with Gasteiger partial charge in [-0.15, -0.1) is 0 Å². The second kappa shape index (κ2) is 9.40. The lowest BCUT2D eigenvalue weighted by Crippen LogP contribution is -2.35. The van der Waals surface area contributed by atoms with Gasteiger partial charge in [0.05, 0.1) is 18.2 Å². The molecule has 170 valence electrons. The highest BCUT2D eigenvalue weighted by Crippen LogP contribution is 2.40. The van der Waals surface area contributed by atoms with Gasteiger partial charge in [0.2, 0.25) is 0 Å².